The summed E-state index contributed by atoms with van der Waals surface area (Å²) in [5.74, 6) is 0. The molecule has 0 atom stereocenters. The van der Waals surface area contributed by atoms with E-state index in [1.165, 1.54) is 27.1 Å². The minimum absolute atomic E-state index is 0.582. The Kier molecular flexibility index (Phi) is 5.60. The topological polar surface area (TPSA) is 0 Å². The predicted octanol–water partition coefficient (Wildman–Crippen LogP) is 6.15. The van der Waals surface area contributed by atoms with Gasteiger partial charge in [0.1, 0.15) is 0 Å². The molecule has 0 aromatic heterocycles. The second-order valence-corrected chi connectivity index (χ2v) is 7.70. The van der Waals surface area contributed by atoms with Gasteiger partial charge < -0.3 is 0 Å². The fourth-order valence-electron chi connectivity index (χ4n) is 2.49. The summed E-state index contributed by atoms with van der Waals surface area (Å²) in [7, 11) is 0. The average molecular weight is 315 g/mol. The first-order chi connectivity index (χ1) is 10.0. The molecule has 0 N–H and O–H groups in total. The maximum atomic E-state index is 5.45. The highest BCUT2D eigenvalue weighted by Gasteiger charge is 2.11. The number of thioether (sulfide) groups is 1. The number of aryl methyl sites for hydroxylation is 1. The normalized spacial score (nSPS) is 10.9. The number of benzene rings is 2. The molecule has 2 rings (SSSR count). The molecule has 0 saturated heterocycles. The van der Waals surface area contributed by atoms with E-state index in [1.54, 1.807) is 0 Å². The molecule has 0 amide bonds. The Morgan fingerprint density at radius 3 is 2.43 bits per heavy atom. The number of hydrogen-bond donors (Lipinski definition) is 0. The average Bonchev–Trinajstić information content (AvgIpc) is 2.46. The summed E-state index contributed by atoms with van der Waals surface area (Å²) in [6.45, 7) is 8.67. The SMILES string of the molecule is CCc1ccccc1-c1cc(SC(C)C)ccc1C(C)=S. The van der Waals surface area contributed by atoms with Crippen molar-refractivity contribution in [1.29, 1.82) is 0 Å². The van der Waals surface area contributed by atoms with E-state index in [2.05, 4.69) is 63.2 Å². The van der Waals surface area contributed by atoms with E-state index in [0.717, 1.165) is 11.3 Å². The van der Waals surface area contributed by atoms with Crippen molar-refractivity contribution in [2.45, 2.75) is 44.3 Å². The van der Waals surface area contributed by atoms with Crippen LogP contribution in [0, 0.1) is 0 Å². The molecule has 110 valence electrons. The zero-order valence-electron chi connectivity index (χ0n) is 13.1. The first-order valence-corrected chi connectivity index (χ1v) is 8.71. The quantitative estimate of drug-likeness (QED) is 0.368. The van der Waals surface area contributed by atoms with Gasteiger partial charge in [-0.2, -0.15) is 0 Å². The van der Waals surface area contributed by atoms with Gasteiger partial charge in [0.15, 0.2) is 0 Å². The van der Waals surface area contributed by atoms with Gasteiger partial charge in [-0.15, -0.1) is 11.8 Å². The van der Waals surface area contributed by atoms with Crippen molar-refractivity contribution >= 4 is 28.8 Å². The molecular formula is C19H22S2. The van der Waals surface area contributed by atoms with Gasteiger partial charge in [0, 0.05) is 15.0 Å². The lowest BCUT2D eigenvalue weighted by atomic mass is 9.93. The highest BCUT2D eigenvalue weighted by molar-refractivity contribution is 7.99. The van der Waals surface area contributed by atoms with E-state index < -0.39 is 0 Å². The van der Waals surface area contributed by atoms with Gasteiger partial charge >= 0.3 is 0 Å². The Hall–Kier alpha value is -1.12. The van der Waals surface area contributed by atoms with Crippen molar-refractivity contribution in [3.63, 3.8) is 0 Å². The van der Waals surface area contributed by atoms with Crippen molar-refractivity contribution < 1.29 is 0 Å². The highest BCUT2D eigenvalue weighted by atomic mass is 32.2. The number of thiocarbonyl (C=S) groups is 1. The third kappa shape index (κ3) is 3.96. The molecule has 0 radical (unpaired) electrons. The van der Waals surface area contributed by atoms with Crippen molar-refractivity contribution in [3.05, 3.63) is 53.6 Å². The van der Waals surface area contributed by atoms with Crippen LogP contribution in [0.4, 0.5) is 0 Å². The summed E-state index contributed by atoms with van der Waals surface area (Å²) in [4.78, 5) is 2.27. The monoisotopic (exact) mass is 314 g/mol. The molecule has 0 aliphatic rings. The van der Waals surface area contributed by atoms with Crippen molar-refractivity contribution in [2.24, 2.45) is 0 Å². The van der Waals surface area contributed by atoms with Gasteiger partial charge in [-0.25, -0.2) is 0 Å². The lowest BCUT2D eigenvalue weighted by Gasteiger charge is -2.15. The molecule has 0 fully saturated rings. The molecular weight excluding hydrogens is 292 g/mol. The molecule has 0 aliphatic carbocycles. The molecule has 0 nitrogen and oxygen atoms in total. The number of hydrogen-bond acceptors (Lipinski definition) is 2. The largest absolute Gasteiger partial charge is 0.123 e. The summed E-state index contributed by atoms with van der Waals surface area (Å²) in [5.41, 5.74) is 5.14. The molecule has 0 aliphatic heterocycles. The Morgan fingerprint density at radius 1 is 1.10 bits per heavy atom. The van der Waals surface area contributed by atoms with Crippen LogP contribution in [-0.4, -0.2) is 10.1 Å². The second-order valence-electron chi connectivity index (χ2n) is 5.44. The molecule has 0 bridgehead atoms. The zero-order chi connectivity index (χ0) is 15.4. The molecule has 0 spiro atoms. The maximum absolute atomic E-state index is 5.45. The van der Waals surface area contributed by atoms with Gasteiger partial charge in [-0.05, 0) is 47.7 Å². The Labute approximate surface area is 138 Å². The van der Waals surface area contributed by atoms with E-state index in [4.69, 9.17) is 12.2 Å². The van der Waals surface area contributed by atoms with Crippen LogP contribution in [0.2, 0.25) is 0 Å². The molecule has 21 heavy (non-hydrogen) atoms. The lowest BCUT2D eigenvalue weighted by molar-refractivity contribution is 1.11. The van der Waals surface area contributed by atoms with Crippen LogP contribution in [0.15, 0.2) is 47.4 Å². The number of rotatable bonds is 5. The standard InChI is InChI=1S/C19H22S2/c1-5-15-8-6-7-9-18(15)19-12-16(21-13(2)3)10-11-17(19)14(4)20/h6-13H,5H2,1-4H3. The van der Waals surface area contributed by atoms with Crippen LogP contribution >= 0.6 is 24.0 Å². The molecule has 0 saturated carbocycles. The smallest absolute Gasteiger partial charge is 0.0199 e. The van der Waals surface area contributed by atoms with E-state index in [0.29, 0.717) is 5.25 Å². The molecule has 0 heterocycles. The van der Waals surface area contributed by atoms with Gasteiger partial charge in [0.2, 0.25) is 0 Å². The van der Waals surface area contributed by atoms with Crippen molar-refractivity contribution in [1.82, 2.24) is 0 Å². The van der Waals surface area contributed by atoms with E-state index in [-0.39, 0.29) is 0 Å². The Balaban J connectivity index is 2.60. The van der Waals surface area contributed by atoms with Crippen LogP contribution in [-0.2, 0) is 6.42 Å². The van der Waals surface area contributed by atoms with E-state index >= 15 is 0 Å². The van der Waals surface area contributed by atoms with Crippen molar-refractivity contribution in [3.8, 4) is 11.1 Å². The van der Waals surface area contributed by atoms with Crippen LogP contribution in [0.25, 0.3) is 11.1 Å². The third-order valence-electron chi connectivity index (χ3n) is 3.43. The highest BCUT2D eigenvalue weighted by Crippen LogP contribution is 2.33. The molecule has 2 heteroatoms. The van der Waals surface area contributed by atoms with Crippen LogP contribution in [0.1, 0.15) is 38.8 Å². The fourth-order valence-corrected chi connectivity index (χ4v) is 3.54. The molecule has 0 unspecified atom stereocenters. The Bertz CT molecular complexity index is 642. The summed E-state index contributed by atoms with van der Waals surface area (Å²) in [6, 6.07) is 15.3. The summed E-state index contributed by atoms with van der Waals surface area (Å²) < 4.78 is 0. The van der Waals surface area contributed by atoms with Gasteiger partial charge in [-0.3, -0.25) is 0 Å². The first-order valence-electron chi connectivity index (χ1n) is 7.42. The predicted molar refractivity (Wildman–Crippen MR) is 99.6 cm³/mol. The second kappa shape index (κ2) is 7.24. The summed E-state index contributed by atoms with van der Waals surface area (Å²) in [6.07, 6.45) is 1.04. The van der Waals surface area contributed by atoms with Crippen LogP contribution in [0.3, 0.4) is 0 Å². The molecule has 2 aromatic rings. The third-order valence-corrected chi connectivity index (χ3v) is 4.65. The fraction of sp³-hybridized carbons (Fsp3) is 0.316. The van der Waals surface area contributed by atoms with E-state index in [9.17, 15) is 0 Å². The van der Waals surface area contributed by atoms with Gasteiger partial charge in [0.25, 0.3) is 0 Å². The lowest BCUT2D eigenvalue weighted by Crippen LogP contribution is -1.98. The molecule has 2 aromatic carbocycles. The summed E-state index contributed by atoms with van der Waals surface area (Å²) >= 11 is 7.35. The first kappa shape index (κ1) is 16.3. The van der Waals surface area contributed by atoms with Gasteiger partial charge in [-0.1, -0.05) is 63.3 Å². The minimum Gasteiger partial charge on any atom is -0.123 e. The van der Waals surface area contributed by atoms with Gasteiger partial charge in [0.05, 0.1) is 0 Å². The minimum atomic E-state index is 0.582. The van der Waals surface area contributed by atoms with Crippen molar-refractivity contribution in [2.75, 3.05) is 0 Å². The summed E-state index contributed by atoms with van der Waals surface area (Å²) in [5, 5.41) is 0.582. The van der Waals surface area contributed by atoms with Crippen LogP contribution < -0.4 is 0 Å². The van der Waals surface area contributed by atoms with E-state index in [1.807, 2.05) is 18.7 Å². The zero-order valence-corrected chi connectivity index (χ0v) is 14.8. The Morgan fingerprint density at radius 2 is 1.81 bits per heavy atom. The van der Waals surface area contributed by atoms with Crippen LogP contribution in [0.5, 0.6) is 0 Å². The maximum Gasteiger partial charge on any atom is 0.0199 e.